The highest BCUT2D eigenvalue weighted by Gasteiger charge is 2.40. The van der Waals surface area contributed by atoms with Crippen LogP contribution in [0.2, 0.25) is 0 Å². The highest BCUT2D eigenvalue weighted by atomic mass is 19.2. The molecular formula is C17H12F4O3. The van der Waals surface area contributed by atoms with Crippen LogP contribution < -0.4 is 9.47 Å². The summed E-state index contributed by atoms with van der Waals surface area (Å²) < 4.78 is 67.2. The molecule has 2 unspecified atom stereocenters. The van der Waals surface area contributed by atoms with Gasteiger partial charge in [-0.25, -0.2) is 17.6 Å². The van der Waals surface area contributed by atoms with Crippen molar-refractivity contribution in [2.24, 2.45) is 0 Å². The topological polar surface area (TPSA) is 35.5 Å². The third kappa shape index (κ3) is 2.31. The normalized spacial score (nSPS) is 18.5. The van der Waals surface area contributed by atoms with Crippen LogP contribution >= 0.6 is 0 Å². The largest absolute Gasteiger partial charge is 0.491 e. The number of halogens is 4. The Hall–Kier alpha value is -2.57. The molecule has 3 rings (SSSR count). The van der Waals surface area contributed by atoms with Crippen molar-refractivity contribution in [3.63, 3.8) is 0 Å². The van der Waals surface area contributed by atoms with E-state index in [1.54, 1.807) is 6.92 Å². The maximum absolute atomic E-state index is 14.5. The van der Waals surface area contributed by atoms with Gasteiger partial charge in [-0.1, -0.05) is 12.1 Å². The van der Waals surface area contributed by atoms with Gasteiger partial charge in [-0.2, -0.15) is 0 Å². The molecule has 0 fully saturated rings. The zero-order chi connectivity index (χ0) is 17.4. The van der Waals surface area contributed by atoms with Gasteiger partial charge in [0.05, 0.1) is 6.61 Å². The minimum atomic E-state index is -2.44. The maximum Gasteiger partial charge on any atom is 0.298 e. The average molecular weight is 340 g/mol. The van der Waals surface area contributed by atoms with Crippen molar-refractivity contribution in [2.75, 3.05) is 6.61 Å². The second-order valence-electron chi connectivity index (χ2n) is 5.13. The molecule has 126 valence electrons. The van der Waals surface area contributed by atoms with E-state index in [9.17, 15) is 22.4 Å². The molecule has 0 bridgehead atoms. The Morgan fingerprint density at radius 3 is 1.96 bits per heavy atom. The number of alkyl halides is 2. The van der Waals surface area contributed by atoms with Gasteiger partial charge in [0.15, 0.2) is 35.5 Å². The van der Waals surface area contributed by atoms with E-state index in [0.717, 1.165) is 6.07 Å². The van der Waals surface area contributed by atoms with Crippen LogP contribution in [0.25, 0.3) is 11.1 Å². The average Bonchev–Trinajstić information content (AvgIpc) is 2.56. The molecule has 0 N–H and O–H groups in total. The van der Waals surface area contributed by atoms with Crippen LogP contribution in [-0.2, 0) is 4.79 Å². The summed E-state index contributed by atoms with van der Waals surface area (Å²) in [6.45, 7) is 1.77. The smallest absolute Gasteiger partial charge is 0.298 e. The van der Waals surface area contributed by atoms with Crippen LogP contribution in [0.1, 0.15) is 30.4 Å². The lowest BCUT2D eigenvalue weighted by atomic mass is 9.82. The summed E-state index contributed by atoms with van der Waals surface area (Å²) in [5.41, 5.74) is -1.07. The Labute approximate surface area is 134 Å². The van der Waals surface area contributed by atoms with E-state index < -0.39 is 40.9 Å². The molecule has 24 heavy (non-hydrogen) atoms. The van der Waals surface area contributed by atoms with Gasteiger partial charge in [-0.3, -0.25) is 4.79 Å². The quantitative estimate of drug-likeness (QED) is 0.603. The Bertz CT molecular complexity index is 807. The minimum Gasteiger partial charge on any atom is -0.491 e. The highest BCUT2D eigenvalue weighted by Crippen LogP contribution is 2.52. The number of ether oxygens (including phenoxy) is 2. The van der Waals surface area contributed by atoms with Crippen LogP contribution in [0, 0.1) is 11.6 Å². The second-order valence-corrected chi connectivity index (χ2v) is 5.13. The van der Waals surface area contributed by atoms with Gasteiger partial charge in [-0.15, -0.1) is 0 Å². The molecule has 1 aliphatic carbocycles. The lowest BCUT2D eigenvalue weighted by molar-refractivity contribution is -0.120. The van der Waals surface area contributed by atoms with Gasteiger partial charge in [0.25, 0.3) is 6.47 Å². The Morgan fingerprint density at radius 1 is 0.958 bits per heavy atom. The standard InChI is InChI=1S/C17H12F4O3/c1-2-23-10-5-3-8-9-4-6-11(24-7-22)15(19)13(9)17(21)16(20)12(8)14(10)18/h3-7,16-17H,2H2,1H3. The summed E-state index contributed by atoms with van der Waals surface area (Å²) >= 11 is 0. The van der Waals surface area contributed by atoms with Crippen LogP contribution in [0.15, 0.2) is 24.3 Å². The van der Waals surface area contributed by atoms with Crippen molar-refractivity contribution in [3.8, 4) is 22.6 Å². The fraction of sp³-hybridized carbons (Fsp3) is 0.235. The lowest BCUT2D eigenvalue weighted by Crippen LogP contribution is -2.16. The SMILES string of the molecule is CCOc1ccc2c(c1F)C(F)C(F)c1c-2ccc(OC=O)c1F. The summed E-state index contributed by atoms with van der Waals surface area (Å²) in [6, 6.07) is 4.99. The van der Waals surface area contributed by atoms with Gasteiger partial charge < -0.3 is 9.47 Å². The van der Waals surface area contributed by atoms with Crippen molar-refractivity contribution >= 4 is 6.47 Å². The molecule has 0 aliphatic heterocycles. The summed E-state index contributed by atoms with van der Waals surface area (Å²) in [6.07, 6.45) is -4.84. The molecule has 0 radical (unpaired) electrons. The van der Waals surface area contributed by atoms with E-state index in [1.165, 1.54) is 18.2 Å². The predicted molar refractivity (Wildman–Crippen MR) is 77.4 cm³/mol. The van der Waals surface area contributed by atoms with E-state index in [4.69, 9.17) is 4.74 Å². The van der Waals surface area contributed by atoms with E-state index >= 15 is 0 Å². The van der Waals surface area contributed by atoms with E-state index in [0.29, 0.717) is 0 Å². The Morgan fingerprint density at radius 2 is 1.46 bits per heavy atom. The molecule has 0 spiro atoms. The number of hydrogen-bond donors (Lipinski definition) is 0. The van der Waals surface area contributed by atoms with Crippen LogP contribution in [0.5, 0.6) is 11.5 Å². The van der Waals surface area contributed by atoms with Crippen LogP contribution in [-0.4, -0.2) is 13.1 Å². The monoisotopic (exact) mass is 340 g/mol. The first-order valence-corrected chi connectivity index (χ1v) is 7.17. The number of carbonyl (C=O) groups excluding carboxylic acids is 1. The zero-order valence-electron chi connectivity index (χ0n) is 12.5. The van der Waals surface area contributed by atoms with Crippen molar-refractivity contribution < 1.29 is 31.8 Å². The van der Waals surface area contributed by atoms with E-state index in [1.807, 2.05) is 0 Å². The molecule has 3 nitrogen and oxygen atoms in total. The van der Waals surface area contributed by atoms with Gasteiger partial charge in [-0.05, 0) is 30.2 Å². The number of rotatable bonds is 4. The van der Waals surface area contributed by atoms with Crippen molar-refractivity contribution in [2.45, 2.75) is 19.3 Å². The zero-order valence-corrected chi connectivity index (χ0v) is 12.5. The Balaban J connectivity index is 2.25. The molecular weight excluding hydrogens is 328 g/mol. The van der Waals surface area contributed by atoms with Crippen molar-refractivity contribution in [3.05, 3.63) is 47.0 Å². The maximum atomic E-state index is 14.5. The lowest BCUT2D eigenvalue weighted by Gasteiger charge is -2.28. The van der Waals surface area contributed by atoms with Gasteiger partial charge in [0.1, 0.15) is 0 Å². The minimum absolute atomic E-state index is 0.00379. The molecule has 0 saturated heterocycles. The highest BCUT2D eigenvalue weighted by molar-refractivity contribution is 5.77. The van der Waals surface area contributed by atoms with Gasteiger partial charge >= 0.3 is 0 Å². The molecule has 1 aliphatic rings. The van der Waals surface area contributed by atoms with E-state index in [-0.39, 0.29) is 30.0 Å². The van der Waals surface area contributed by atoms with E-state index in [2.05, 4.69) is 4.74 Å². The van der Waals surface area contributed by atoms with Crippen LogP contribution in [0.4, 0.5) is 17.6 Å². The number of benzene rings is 2. The summed E-state index contributed by atoms with van der Waals surface area (Å²) in [5.74, 6) is -2.91. The first-order valence-electron chi connectivity index (χ1n) is 7.17. The molecule has 7 heteroatoms. The molecule has 0 aromatic heterocycles. The first kappa shape index (κ1) is 16.3. The Kier molecular flexibility index (Phi) is 4.17. The summed E-state index contributed by atoms with van der Waals surface area (Å²) in [5, 5.41) is 0. The number of hydrogen-bond acceptors (Lipinski definition) is 3. The third-order valence-corrected chi connectivity index (χ3v) is 3.86. The fourth-order valence-electron chi connectivity index (χ4n) is 2.86. The summed E-state index contributed by atoms with van der Waals surface area (Å²) in [4.78, 5) is 10.4. The summed E-state index contributed by atoms with van der Waals surface area (Å²) in [7, 11) is 0. The third-order valence-electron chi connectivity index (χ3n) is 3.86. The molecule has 0 saturated carbocycles. The van der Waals surface area contributed by atoms with Crippen molar-refractivity contribution in [1.82, 2.24) is 0 Å². The van der Waals surface area contributed by atoms with Crippen LogP contribution in [0.3, 0.4) is 0 Å². The van der Waals surface area contributed by atoms with Gasteiger partial charge in [0.2, 0.25) is 0 Å². The van der Waals surface area contributed by atoms with Gasteiger partial charge in [0, 0.05) is 11.1 Å². The number of carbonyl (C=O) groups is 1. The molecule has 2 aromatic rings. The van der Waals surface area contributed by atoms with Crippen molar-refractivity contribution in [1.29, 1.82) is 0 Å². The fourth-order valence-corrected chi connectivity index (χ4v) is 2.86. The number of fused-ring (bicyclic) bond motifs is 3. The predicted octanol–water partition coefficient (Wildman–Crippen LogP) is 4.60. The first-order chi connectivity index (χ1) is 11.5. The second kappa shape index (κ2) is 6.14. The molecule has 0 amide bonds. The molecule has 0 heterocycles. The molecule has 2 aromatic carbocycles. The molecule has 2 atom stereocenters.